The number of amides is 2. The van der Waals surface area contributed by atoms with Gasteiger partial charge in [0.15, 0.2) is 0 Å². The number of aromatic nitrogens is 1. The number of anilines is 1. The Morgan fingerprint density at radius 1 is 1.24 bits per heavy atom. The second-order valence-corrected chi connectivity index (χ2v) is 6.90. The van der Waals surface area contributed by atoms with Crippen molar-refractivity contribution < 1.29 is 14.3 Å². The molecular weight excluding hydrogens is 338 g/mol. The van der Waals surface area contributed by atoms with Crippen molar-refractivity contribution in [3.8, 4) is 0 Å². The van der Waals surface area contributed by atoms with Gasteiger partial charge in [-0.1, -0.05) is 0 Å². The van der Waals surface area contributed by atoms with Gasteiger partial charge in [0, 0.05) is 23.8 Å². The lowest BCUT2D eigenvalue weighted by Gasteiger charge is -2.12. The smallest absolute Gasteiger partial charge is 0.341 e. The number of urea groups is 1. The Morgan fingerprint density at radius 2 is 2.00 bits per heavy atom. The molecule has 7 heteroatoms. The molecule has 2 N–H and O–H groups in total. The summed E-state index contributed by atoms with van der Waals surface area (Å²) in [5.41, 5.74) is 2.53. The monoisotopic (exact) mass is 359 g/mol. The van der Waals surface area contributed by atoms with Crippen LogP contribution in [0.2, 0.25) is 0 Å². The van der Waals surface area contributed by atoms with Gasteiger partial charge in [0.1, 0.15) is 5.00 Å². The summed E-state index contributed by atoms with van der Waals surface area (Å²) in [7, 11) is 0. The van der Waals surface area contributed by atoms with Crippen molar-refractivity contribution >= 4 is 28.3 Å². The molecule has 0 aromatic carbocycles. The van der Waals surface area contributed by atoms with Gasteiger partial charge in [-0.15, -0.1) is 11.3 Å². The van der Waals surface area contributed by atoms with Gasteiger partial charge < -0.3 is 10.1 Å². The molecule has 2 aromatic rings. The molecule has 132 valence electrons. The van der Waals surface area contributed by atoms with Crippen LogP contribution in [0.3, 0.4) is 0 Å². The maximum absolute atomic E-state index is 12.4. The van der Waals surface area contributed by atoms with E-state index in [1.165, 1.54) is 16.2 Å². The molecule has 2 heterocycles. The number of fused-ring (bicyclic) bond motifs is 1. The number of thiophene rings is 1. The topological polar surface area (TPSA) is 80.3 Å². The van der Waals surface area contributed by atoms with E-state index in [0.29, 0.717) is 23.7 Å². The first-order valence-electron chi connectivity index (χ1n) is 8.44. The molecule has 2 amide bonds. The second kappa shape index (κ2) is 8.11. The SMILES string of the molecule is CCOC(=O)c1c(NC(=O)NCc2ccncc2)sc2c1CCCC2. The molecular formula is C18H21N3O3S. The van der Waals surface area contributed by atoms with Crippen molar-refractivity contribution in [1.29, 1.82) is 0 Å². The van der Waals surface area contributed by atoms with Gasteiger partial charge in [-0.2, -0.15) is 0 Å². The quantitative estimate of drug-likeness (QED) is 0.801. The minimum atomic E-state index is -0.355. The molecule has 1 aliphatic carbocycles. The summed E-state index contributed by atoms with van der Waals surface area (Å²) in [6.45, 7) is 2.50. The third-order valence-corrected chi connectivity index (χ3v) is 5.29. The highest BCUT2D eigenvalue weighted by atomic mass is 32.1. The molecule has 0 bridgehead atoms. The molecule has 6 nitrogen and oxygen atoms in total. The van der Waals surface area contributed by atoms with Crippen LogP contribution in [0.4, 0.5) is 9.80 Å². The molecule has 1 aliphatic rings. The van der Waals surface area contributed by atoms with Gasteiger partial charge in [-0.25, -0.2) is 9.59 Å². The van der Waals surface area contributed by atoms with Gasteiger partial charge in [-0.3, -0.25) is 10.3 Å². The van der Waals surface area contributed by atoms with E-state index in [-0.39, 0.29) is 12.0 Å². The van der Waals surface area contributed by atoms with Crippen LogP contribution < -0.4 is 10.6 Å². The Kier molecular flexibility index (Phi) is 5.65. The summed E-state index contributed by atoms with van der Waals surface area (Å²) in [4.78, 5) is 29.7. The fourth-order valence-corrected chi connectivity index (χ4v) is 4.18. The normalized spacial score (nSPS) is 13.0. The number of esters is 1. The maximum Gasteiger partial charge on any atom is 0.341 e. The minimum absolute atomic E-state index is 0.317. The van der Waals surface area contributed by atoms with Gasteiger partial charge >= 0.3 is 12.0 Å². The van der Waals surface area contributed by atoms with Crippen LogP contribution in [-0.4, -0.2) is 23.6 Å². The average Bonchev–Trinajstić information content (AvgIpc) is 2.99. The second-order valence-electron chi connectivity index (χ2n) is 5.80. The predicted octanol–water partition coefficient (Wildman–Crippen LogP) is 3.52. The van der Waals surface area contributed by atoms with Crippen molar-refractivity contribution in [2.24, 2.45) is 0 Å². The summed E-state index contributed by atoms with van der Waals surface area (Å²) in [6, 6.07) is 3.35. The van der Waals surface area contributed by atoms with Crippen LogP contribution in [0, 0.1) is 0 Å². The van der Waals surface area contributed by atoms with E-state index in [0.717, 1.165) is 36.8 Å². The summed E-state index contributed by atoms with van der Waals surface area (Å²) in [5.74, 6) is -0.355. The lowest BCUT2D eigenvalue weighted by molar-refractivity contribution is 0.0526. The van der Waals surface area contributed by atoms with Crippen LogP contribution in [0.1, 0.15) is 46.1 Å². The summed E-state index contributed by atoms with van der Waals surface area (Å²) in [6.07, 6.45) is 7.35. The lowest BCUT2D eigenvalue weighted by Crippen LogP contribution is -2.28. The molecule has 0 radical (unpaired) electrons. The van der Waals surface area contributed by atoms with E-state index in [1.807, 2.05) is 12.1 Å². The third kappa shape index (κ3) is 4.17. The Bertz CT molecular complexity index is 758. The number of nitrogens with zero attached hydrogens (tertiary/aromatic N) is 1. The molecule has 0 spiro atoms. The van der Waals surface area contributed by atoms with Crippen molar-refractivity contribution in [3.63, 3.8) is 0 Å². The third-order valence-electron chi connectivity index (χ3n) is 4.08. The summed E-state index contributed by atoms with van der Waals surface area (Å²) < 4.78 is 5.19. The molecule has 0 unspecified atom stereocenters. The number of hydrogen-bond acceptors (Lipinski definition) is 5. The first-order valence-corrected chi connectivity index (χ1v) is 9.26. The largest absolute Gasteiger partial charge is 0.462 e. The van der Waals surface area contributed by atoms with E-state index < -0.39 is 0 Å². The highest BCUT2D eigenvalue weighted by Gasteiger charge is 2.27. The van der Waals surface area contributed by atoms with E-state index in [2.05, 4.69) is 15.6 Å². The van der Waals surface area contributed by atoms with Crippen LogP contribution in [-0.2, 0) is 24.1 Å². The molecule has 0 fully saturated rings. The number of carbonyl (C=O) groups is 2. The van der Waals surface area contributed by atoms with Gasteiger partial charge in [-0.05, 0) is 55.9 Å². The summed E-state index contributed by atoms with van der Waals surface area (Å²) in [5, 5.41) is 6.21. The van der Waals surface area contributed by atoms with Crippen LogP contribution in [0.25, 0.3) is 0 Å². The summed E-state index contributed by atoms with van der Waals surface area (Å²) >= 11 is 1.48. The molecule has 2 aromatic heterocycles. The van der Waals surface area contributed by atoms with Gasteiger partial charge in [0.05, 0.1) is 12.2 Å². The Balaban J connectivity index is 1.73. The van der Waals surface area contributed by atoms with Crippen molar-refractivity contribution in [2.75, 3.05) is 11.9 Å². The molecule has 0 atom stereocenters. The van der Waals surface area contributed by atoms with E-state index in [1.54, 1.807) is 19.3 Å². The standard InChI is InChI=1S/C18H21N3O3S/c1-2-24-17(22)15-13-5-3-4-6-14(13)25-16(15)21-18(23)20-11-12-7-9-19-10-8-12/h7-10H,2-6,11H2,1H3,(H2,20,21,23). The Hall–Kier alpha value is -2.41. The number of aryl methyl sites for hydroxylation is 1. The number of hydrogen-bond donors (Lipinski definition) is 2. The van der Waals surface area contributed by atoms with Gasteiger partial charge in [0.25, 0.3) is 0 Å². The minimum Gasteiger partial charge on any atom is -0.462 e. The predicted molar refractivity (Wildman–Crippen MR) is 97.0 cm³/mol. The number of ether oxygens (including phenoxy) is 1. The van der Waals surface area contributed by atoms with E-state index >= 15 is 0 Å². The average molecular weight is 359 g/mol. The molecule has 0 aliphatic heterocycles. The molecule has 0 saturated heterocycles. The lowest BCUT2D eigenvalue weighted by atomic mass is 9.95. The zero-order valence-electron chi connectivity index (χ0n) is 14.1. The fourth-order valence-electron chi connectivity index (χ4n) is 2.90. The number of nitrogens with one attached hydrogen (secondary N) is 2. The molecule has 25 heavy (non-hydrogen) atoms. The number of carbonyl (C=O) groups excluding carboxylic acids is 2. The van der Waals surface area contributed by atoms with E-state index in [9.17, 15) is 9.59 Å². The first-order chi connectivity index (χ1) is 12.2. The Morgan fingerprint density at radius 3 is 2.76 bits per heavy atom. The van der Waals surface area contributed by atoms with E-state index in [4.69, 9.17) is 4.74 Å². The van der Waals surface area contributed by atoms with Crippen molar-refractivity contribution in [1.82, 2.24) is 10.3 Å². The fraction of sp³-hybridized carbons (Fsp3) is 0.389. The van der Waals surface area contributed by atoms with Gasteiger partial charge in [0.2, 0.25) is 0 Å². The zero-order chi connectivity index (χ0) is 17.6. The van der Waals surface area contributed by atoms with Crippen LogP contribution in [0.15, 0.2) is 24.5 Å². The first kappa shape index (κ1) is 17.4. The van der Waals surface area contributed by atoms with Crippen LogP contribution >= 0.6 is 11.3 Å². The Labute approximate surface area is 150 Å². The van der Waals surface area contributed by atoms with Crippen molar-refractivity contribution in [2.45, 2.75) is 39.2 Å². The molecule has 3 rings (SSSR count). The van der Waals surface area contributed by atoms with Crippen LogP contribution in [0.5, 0.6) is 0 Å². The van der Waals surface area contributed by atoms with Crippen molar-refractivity contribution in [3.05, 3.63) is 46.1 Å². The number of rotatable bonds is 5. The highest BCUT2D eigenvalue weighted by molar-refractivity contribution is 7.17. The maximum atomic E-state index is 12.4. The number of pyridine rings is 1. The molecule has 0 saturated carbocycles. The highest BCUT2D eigenvalue weighted by Crippen LogP contribution is 2.38. The zero-order valence-corrected chi connectivity index (χ0v) is 14.9.